The average molecular weight is 439 g/mol. The van der Waals surface area contributed by atoms with Crippen LogP contribution < -0.4 is 14.8 Å². The maximum absolute atomic E-state index is 12.6. The quantitative estimate of drug-likeness (QED) is 0.701. The van der Waals surface area contributed by atoms with E-state index < -0.39 is 0 Å². The van der Waals surface area contributed by atoms with Gasteiger partial charge in [0.15, 0.2) is 11.5 Å². The minimum Gasteiger partial charge on any atom is -0.493 e. The molecular formula is C24H26N2O4S. The molecule has 1 unspecified atom stereocenters. The molecule has 1 aromatic rings. The second-order valence-electron chi connectivity index (χ2n) is 7.77. The number of hydrogen-bond acceptors (Lipinski definition) is 5. The molecule has 0 radical (unpaired) electrons. The Kier molecular flexibility index (Phi) is 6.61. The number of methoxy groups -OCH3 is 2. The molecule has 0 bridgehead atoms. The third-order valence-corrected chi connectivity index (χ3v) is 6.85. The third kappa shape index (κ3) is 4.93. The number of hydrogen-bond donors (Lipinski definition) is 1. The van der Waals surface area contributed by atoms with E-state index in [1.54, 1.807) is 32.4 Å². The minimum absolute atomic E-state index is 0.0877. The first-order chi connectivity index (χ1) is 15.1. The highest BCUT2D eigenvalue weighted by Crippen LogP contribution is 2.35. The Labute approximate surface area is 186 Å². The molecule has 3 aliphatic rings. The smallest absolute Gasteiger partial charge is 0.283 e. The number of rotatable bonds is 5. The lowest BCUT2D eigenvalue weighted by Gasteiger charge is -2.25. The van der Waals surface area contributed by atoms with E-state index >= 15 is 0 Å². The minimum atomic E-state index is -0.301. The fourth-order valence-electron chi connectivity index (χ4n) is 3.98. The topological polar surface area (TPSA) is 77.0 Å². The van der Waals surface area contributed by atoms with Gasteiger partial charge >= 0.3 is 0 Å². The van der Waals surface area contributed by atoms with Gasteiger partial charge in [-0.15, -0.1) is 11.8 Å². The van der Waals surface area contributed by atoms with E-state index in [1.165, 1.54) is 18.2 Å². The van der Waals surface area contributed by atoms with E-state index in [0.717, 1.165) is 31.2 Å². The van der Waals surface area contributed by atoms with Crippen molar-refractivity contribution in [2.24, 2.45) is 4.99 Å². The number of benzene rings is 1. The van der Waals surface area contributed by atoms with Crippen LogP contribution in [0.3, 0.4) is 0 Å². The highest BCUT2D eigenvalue weighted by molar-refractivity contribution is 8.05. The number of aliphatic imine (C=N–C) groups is 1. The number of allylic oxidation sites excluding steroid dienone is 1. The van der Waals surface area contributed by atoms with Crippen molar-refractivity contribution in [1.29, 1.82) is 0 Å². The van der Waals surface area contributed by atoms with Crippen molar-refractivity contribution >= 4 is 35.4 Å². The number of carbonyl (C=O) groups is 2. The van der Waals surface area contributed by atoms with Crippen LogP contribution in [0.4, 0.5) is 0 Å². The summed E-state index contributed by atoms with van der Waals surface area (Å²) < 4.78 is 10.6. The normalized spacial score (nSPS) is 22.5. The SMILES string of the molecule is COc1ccc(/C=C2/SC3C=CC(C(=O)NC4CCCCC4)=CC3=NC2=O)cc1OC. The Bertz CT molecular complexity index is 1000. The van der Waals surface area contributed by atoms with E-state index in [-0.39, 0.29) is 23.1 Å². The Morgan fingerprint density at radius 3 is 2.68 bits per heavy atom. The lowest BCUT2D eigenvalue weighted by Crippen LogP contribution is -2.37. The molecule has 0 aromatic heterocycles. The van der Waals surface area contributed by atoms with Crippen LogP contribution in [0.15, 0.2) is 51.9 Å². The molecule has 2 amide bonds. The Morgan fingerprint density at radius 2 is 1.94 bits per heavy atom. The van der Waals surface area contributed by atoms with E-state index in [2.05, 4.69) is 10.3 Å². The zero-order valence-electron chi connectivity index (χ0n) is 17.7. The molecular weight excluding hydrogens is 412 g/mol. The van der Waals surface area contributed by atoms with E-state index in [1.807, 2.05) is 24.3 Å². The van der Waals surface area contributed by atoms with Gasteiger partial charge in [-0.2, -0.15) is 0 Å². The highest BCUT2D eigenvalue weighted by atomic mass is 32.2. The van der Waals surface area contributed by atoms with Gasteiger partial charge in [0.25, 0.3) is 11.8 Å². The predicted molar refractivity (Wildman–Crippen MR) is 124 cm³/mol. The van der Waals surface area contributed by atoms with Gasteiger partial charge in [0.1, 0.15) is 0 Å². The average Bonchev–Trinajstić information content (AvgIpc) is 2.79. The summed E-state index contributed by atoms with van der Waals surface area (Å²) in [4.78, 5) is 30.1. The number of ether oxygens (including phenoxy) is 2. The van der Waals surface area contributed by atoms with Crippen molar-refractivity contribution in [3.05, 3.63) is 52.5 Å². The Balaban J connectivity index is 1.50. The van der Waals surface area contributed by atoms with Crippen LogP contribution >= 0.6 is 11.8 Å². The van der Waals surface area contributed by atoms with Gasteiger partial charge in [0.2, 0.25) is 0 Å². The van der Waals surface area contributed by atoms with Crippen LogP contribution in [0.5, 0.6) is 11.5 Å². The van der Waals surface area contributed by atoms with Gasteiger partial charge in [-0.05, 0) is 42.7 Å². The fourth-order valence-corrected chi connectivity index (χ4v) is 5.00. The molecule has 162 valence electrons. The Hall–Kier alpha value is -2.80. The van der Waals surface area contributed by atoms with Crippen molar-refractivity contribution in [3.8, 4) is 11.5 Å². The van der Waals surface area contributed by atoms with E-state index in [4.69, 9.17) is 9.47 Å². The van der Waals surface area contributed by atoms with Gasteiger partial charge in [-0.25, -0.2) is 4.99 Å². The summed E-state index contributed by atoms with van der Waals surface area (Å²) in [5, 5.41) is 3.03. The van der Waals surface area contributed by atoms with Crippen LogP contribution in [0.1, 0.15) is 37.7 Å². The molecule has 1 atom stereocenters. The summed E-state index contributed by atoms with van der Waals surface area (Å²) in [5.74, 6) is 0.841. The molecule has 1 fully saturated rings. The maximum Gasteiger partial charge on any atom is 0.283 e. The highest BCUT2D eigenvalue weighted by Gasteiger charge is 2.29. The molecule has 1 aromatic carbocycles. The van der Waals surface area contributed by atoms with Crippen molar-refractivity contribution in [2.45, 2.75) is 43.4 Å². The summed E-state index contributed by atoms with van der Waals surface area (Å²) in [6.45, 7) is 0. The maximum atomic E-state index is 12.6. The van der Waals surface area contributed by atoms with E-state index in [0.29, 0.717) is 27.7 Å². The summed E-state index contributed by atoms with van der Waals surface area (Å²) >= 11 is 1.44. The largest absolute Gasteiger partial charge is 0.493 e. The molecule has 31 heavy (non-hydrogen) atoms. The molecule has 1 saturated carbocycles. The first-order valence-corrected chi connectivity index (χ1v) is 11.4. The zero-order chi connectivity index (χ0) is 21.8. The molecule has 0 saturated heterocycles. The second kappa shape index (κ2) is 9.56. The first-order valence-electron chi connectivity index (χ1n) is 10.5. The molecule has 4 rings (SSSR count). The summed E-state index contributed by atoms with van der Waals surface area (Å²) in [5.41, 5.74) is 2.01. The summed E-state index contributed by atoms with van der Waals surface area (Å²) in [7, 11) is 3.16. The molecule has 1 aliphatic heterocycles. The summed E-state index contributed by atoms with van der Waals surface area (Å²) in [6.07, 6.45) is 12.9. The van der Waals surface area contributed by atoms with Crippen LogP contribution in [-0.4, -0.2) is 43.0 Å². The molecule has 1 N–H and O–H groups in total. The van der Waals surface area contributed by atoms with Crippen LogP contribution in [-0.2, 0) is 9.59 Å². The molecule has 7 heteroatoms. The number of nitrogens with zero attached hydrogens (tertiary/aromatic N) is 1. The van der Waals surface area contributed by atoms with Crippen molar-refractivity contribution in [3.63, 3.8) is 0 Å². The summed E-state index contributed by atoms with van der Waals surface area (Å²) in [6, 6.07) is 5.74. The molecule has 6 nitrogen and oxygen atoms in total. The third-order valence-electron chi connectivity index (χ3n) is 5.65. The zero-order valence-corrected chi connectivity index (χ0v) is 18.5. The number of fused-ring (bicyclic) bond motifs is 1. The number of amides is 2. The van der Waals surface area contributed by atoms with Gasteiger partial charge in [0, 0.05) is 11.6 Å². The number of nitrogens with one attached hydrogen (secondary N) is 1. The number of carbonyl (C=O) groups excluding carboxylic acids is 2. The molecule has 0 spiro atoms. The van der Waals surface area contributed by atoms with Gasteiger partial charge in [0.05, 0.1) is 30.1 Å². The molecule has 1 heterocycles. The van der Waals surface area contributed by atoms with E-state index in [9.17, 15) is 9.59 Å². The van der Waals surface area contributed by atoms with Gasteiger partial charge in [-0.1, -0.05) is 37.5 Å². The van der Waals surface area contributed by atoms with Gasteiger partial charge in [-0.3, -0.25) is 9.59 Å². The fraction of sp³-hybridized carbons (Fsp3) is 0.375. The molecule has 2 aliphatic carbocycles. The Morgan fingerprint density at radius 1 is 1.16 bits per heavy atom. The van der Waals surface area contributed by atoms with Crippen LogP contribution in [0.25, 0.3) is 6.08 Å². The number of thioether (sulfide) groups is 1. The lowest BCUT2D eigenvalue weighted by molar-refractivity contribution is -0.118. The van der Waals surface area contributed by atoms with Crippen molar-refractivity contribution in [1.82, 2.24) is 5.32 Å². The second-order valence-corrected chi connectivity index (χ2v) is 8.95. The lowest BCUT2D eigenvalue weighted by atomic mass is 9.95. The van der Waals surface area contributed by atoms with Gasteiger partial charge < -0.3 is 14.8 Å². The predicted octanol–water partition coefficient (Wildman–Crippen LogP) is 4.07. The van der Waals surface area contributed by atoms with Crippen LogP contribution in [0, 0.1) is 0 Å². The monoisotopic (exact) mass is 438 g/mol. The first kappa shape index (κ1) is 21.4. The van der Waals surface area contributed by atoms with Crippen LogP contribution in [0.2, 0.25) is 0 Å². The van der Waals surface area contributed by atoms with Crippen molar-refractivity contribution < 1.29 is 19.1 Å². The van der Waals surface area contributed by atoms with Crippen molar-refractivity contribution in [2.75, 3.05) is 14.2 Å². The standard InChI is InChI=1S/C24H26N2O4S/c1-29-19-10-8-15(12-20(19)30-2)13-22-24(28)26-18-14-16(9-11-21(18)31-22)23(27)25-17-6-4-3-5-7-17/h8-14,17,21H,3-7H2,1-2H3,(H,25,27)/b22-13+.